The quantitative estimate of drug-likeness (QED) is 0.800. The van der Waals surface area contributed by atoms with Crippen molar-refractivity contribution in [2.75, 3.05) is 13.2 Å². The van der Waals surface area contributed by atoms with Crippen LogP contribution in [0.4, 0.5) is 0 Å². The first-order valence-electron chi connectivity index (χ1n) is 9.58. The SMILES string of the molecule is Cc1ccccc1OCC(=O)N1CCCC[C@@H]1c1nncn1CC1CC1. The van der Waals surface area contributed by atoms with Gasteiger partial charge in [0.05, 0.1) is 6.04 Å². The van der Waals surface area contributed by atoms with Crippen LogP contribution in [0.15, 0.2) is 30.6 Å². The Kier molecular flexibility index (Phi) is 4.91. The number of aryl methyl sites for hydroxylation is 1. The maximum absolute atomic E-state index is 12.9. The molecule has 138 valence electrons. The van der Waals surface area contributed by atoms with Gasteiger partial charge in [0.25, 0.3) is 5.91 Å². The summed E-state index contributed by atoms with van der Waals surface area (Å²) >= 11 is 0. The molecule has 4 rings (SSSR count). The van der Waals surface area contributed by atoms with E-state index in [-0.39, 0.29) is 18.6 Å². The van der Waals surface area contributed by atoms with Crippen molar-refractivity contribution >= 4 is 5.91 Å². The van der Waals surface area contributed by atoms with E-state index in [1.807, 2.05) is 42.4 Å². The summed E-state index contributed by atoms with van der Waals surface area (Å²) in [6.07, 6.45) is 7.48. The van der Waals surface area contributed by atoms with E-state index < -0.39 is 0 Å². The van der Waals surface area contributed by atoms with Gasteiger partial charge in [-0.2, -0.15) is 0 Å². The fourth-order valence-electron chi connectivity index (χ4n) is 3.68. The van der Waals surface area contributed by atoms with Gasteiger partial charge in [-0.3, -0.25) is 4.79 Å². The second-order valence-corrected chi connectivity index (χ2v) is 7.44. The number of rotatable bonds is 6. The van der Waals surface area contributed by atoms with Gasteiger partial charge in [0.15, 0.2) is 12.4 Å². The molecule has 0 bridgehead atoms. The maximum atomic E-state index is 12.9. The maximum Gasteiger partial charge on any atom is 0.261 e. The lowest BCUT2D eigenvalue weighted by Gasteiger charge is -2.35. The molecule has 1 atom stereocenters. The van der Waals surface area contributed by atoms with E-state index in [4.69, 9.17) is 4.74 Å². The number of likely N-dealkylation sites (tertiary alicyclic amines) is 1. The lowest BCUT2D eigenvalue weighted by molar-refractivity contribution is -0.137. The molecule has 0 radical (unpaired) electrons. The van der Waals surface area contributed by atoms with E-state index in [1.54, 1.807) is 0 Å². The molecule has 2 heterocycles. The average molecular weight is 354 g/mol. The van der Waals surface area contributed by atoms with Crippen LogP contribution in [0.2, 0.25) is 0 Å². The lowest BCUT2D eigenvalue weighted by Crippen LogP contribution is -2.42. The van der Waals surface area contributed by atoms with Crippen LogP contribution in [0.1, 0.15) is 49.5 Å². The summed E-state index contributed by atoms with van der Waals surface area (Å²) in [5, 5.41) is 8.48. The van der Waals surface area contributed by atoms with Crippen LogP contribution in [-0.2, 0) is 11.3 Å². The highest BCUT2D eigenvalue weighted by Crippen LogP contribution is 2.34. The predicted octanol–water partition coefficient (Wildman–Crippen LogP) is 3.13. The first-order chi connectivity index (χ1) is 12.7. The fourth-order valence-corrected chi connectivity index (χ4v) is 3.68. The van der Waals surface area contributed by atoms with Crippen LogP contribution in [0.5, 0.6) is 5.75 Å². The third kappa shape index (κ3) is 3.74. The van der Waals surface area contributed by atoms with Crippen LogP contribution in [-0.4, -0.2) is 38.7 Å². The highest BCUT2D eigenvalue weighted by atomic mass is 16.5. The summed E-state index contributed by atoms with van der Waals surface area (Å²) in [5.74, 6) is 2.48. The van der Waals surface area contributed by atoms with Crippen molar-refractivity contribution in [3.8, 4) is 5.75 Å². The molecular weight excluding hydrogens is 328 g/mol. The van der Waals surface area contributed by atoms with Crippen molar-refractivity contribution < 1.29 is 9.53 Å². The molecule has 1 aromatic heterocycles. The largest absolute Gasteiger partial charge is 0.484 e. The van der Waals surface area contributed by atoms with Crippen molar-refractivity contribution in [3.63, 3.8) is 0 Å². The van der Waals surface area contributed by atoms with Gasteiger partial charge in [-0.05, 0) is 56.6 Å². The Morgan fingerprint density at radius 2 is 2.08 bits per heavy atom. The lowest BCUT2D eigenvalue weighted by atomic mass is 10.0. The van der Waals surface area contributed by atoms with Crippen LogP contribution in [0.3, 0.4) is 0 Å². The first kappa shape index (κ1) is 17.1. The van der Waals surface area contributed by atoms with Crippen molar-refractivity contribution in [3.05, 3.63) is 42.0 Å². The van der Waals surface area contributed by atoms with Crippen molar-refractivity contribution in [2.24, 2.45) is 5.92 Å². The molecule has 0 spiro atoms. The second-order valence-electron chi connectivity index (χ2n) is 7.44. The Morgan fingerprint density at radius 3 is 2.88 bits per heavy atom. The molecule has 1 saturated carbocycles. The monoisotopic (exact) mass is 354 g/mol. The van der Waals surface area contributed by atoms with Gasteiger partial charge >= 0.3 is 0 Å². The number of benzene rings is 1. The standard InChI is InChI=1S/C20H26N4O2/c1-15-6-2-3-8-18(15)26-13-19(25)24-11-5-4-7-17(24)20-22-21-14-23(20)12-16-9-10-16/h2-3,6,8,14,16-17H,4-5,7,9-13H2,1H3/t17-/m1/s1. The van der Waals surface area contributed by atoms with Gasteiger partial charge in [-0.1, -0.05) is 18.2 Å². The third-order valence-corrected chi connectivity index (χ3v) is 5.36. The number of hydrogen-bond acceptors (Lipinski definition) is 4. The molecule has 2 fully saturated rings. The molecule has 0 unspecified atom stereocenters. The summed E-state index contributed by atoms with van der Waals surface area (Å²) in [4.78, 5) is 14.8. The normalized spacial score (nSPS) is 20.2. The van der Waals surface area contributed by atoms with Gasteiger partial charge in [-0.15, -0.1) is 10.2 Å². The van der Waals surface area contributed by atoms with E-state index in [1.165, 1.54) is 12.8 Å². The number of ether oxygens (including phenoxy) is 1. The van der Waals surface area contributed by atoms with Crippen LogP contribution >= 0.6 is 0 Å². The number of hydrogen-bond donors (Lipinski definition) is 0. The summed E-state index contributed by atoms with van der Waals surface area (Å²) in [6.45, 7) is 3.79. The molecule has 1 saturated heterocycles. The van der Waals surface area contributed by atoms with E-state index in [2.05, 4.69) is 14.8 Å². The Morgan fingerprint density at radius 1 is 1.23 bits per heavy atom. The predicted molar refractivity (Wildman–Crippen MR) is 97.7 cm³/mol. The Labute approximate surface area is 154 Å². The minimum atomic E-state index is 0.0120. The molecular formula is C20H26N4O2. The van der Waals surface area contributed by atoms with E-state index in [9.17, 15) is 4.79 Å². The first-order valence-corrected chi connectivity index (χ1v) is 9.58. The smallest absolute Gasteiger partial charge is 0.261 e. The number of carbonyl (C=O) groups excluding carboxylic acids is 1. The van der Waals surface area contributed by atoms with Crippen LogP contribution in [0.25, 0.3) is 0 Å². The van der Waals surface area contributed by atoms with Crippen LogP contribution < -0.4 is 4.74 Å². The van der Waals surface area contributed by atoms with Crippen LogP contribution in [0, 0.1) is 12.8 Å². The van der Waals surface area contributed by atoms with Gasteiger partial charge in [0, 0.05) is 13.1 Å². The zero-order chi connectivity index (χ0) is 17.9. The van der Waals surface area contributed by atoms with Gasteiger partial charge in [-0.25, -0.2) is 0 Å². The van der Waals surface area contributed by atoms with E-state index in [0.29, 0.717) is 0 Å². The molecule has 6 nitrogen and oxygen atoms in total. The minimum absolute atomic E-state index is 0.0120. The number of para-hydroxylation sites is 1. The third-order valence-electron chi connectivity index (χ3n) is 5.36. The Bertz CT molecular complexity index is 769. The average Bonchev–Trinajstić information content (AvgIpc) is 3.36. The zero-order valence-electron chi connectivity index (χ0n) is 15.3. The highest BCUT2D eigenvalue weighted by Gasteiger charge is 2.33. The zero-order valence-corrected chi connectivity index (χ0v) is 15.3. The summed E-state index contributed by atoms with van der Waals surface area (Å²) in [5.41, 5.74) is 1.04. The number of nitrogens with zero attached hydrogens (tertiary/aromatic N) is 4. The summed E-state index contributed by atoms with van der Waals surface area (Å²) < 4.78 is 7.94. The molecule has 0 N–H and O–H groups in total. The molecule has 1 aliphatic heterocycles. The molecule has 2 aromatic rings. The summed E-state index contributed by atoms with van der Waals surface area (Å²) in [6, 6.07) is 7.80. The van der Waals surface area contributed by atoms with E-state index in [0.717, 1.165) is 55.4 Å². The second kappa shape index (κ2) is 7.48. The number of piperidine rings is 1. The van der Waals surface area contributed by atoms with Gasteiger partial charge in [0.1, 0.15) is 12.1 Å². The fraction of sp³-hybridized carbons (Fsp3) is 0.550. The number of amides is 1. The van der Waals surface area contributed by atoms with Gasteiger partial charge < -0.3 is 14.2 Å². The van der Waals surface area contributed by atoms with Gasteiger partial charge in [0.2, 0.25) is 0 Å². The molecule has 6 heteroatoms. The molecule has 26 heavy (non-hydrogen) atoms. The van der Waals surface area contributed by atoms with Crippen molar-refractivity contribution in [2.45, 2.75) is 51.6 Å². The highest BCUT2D eigenvalue weighted by molar-refractivity contribution is 5.78. The van der Waals surface area contributed by atoms with E-state index >= 15 is 0 Å². The topological polar surface area (TPSA) is 60.2 Å². The molecule has 1 aliphatic carbocycles. The molecule has 1 amide bonds. The summed E-state index contributed by atoms with van der Waals surface area (Å²) in [7, 11) is 0. The number of aromatic nitrogens is 3. The molecule has 2 aliphatic rings. The van der Waals surface area contributed by atoms with Crippen molar-refractivity contribution in [1.29, 1.82) is 0 Å². The van der Waals surface area contributed by atoms with Crippen molar-refractivity contribution in [1.82, 2.24) is 19.7 Å². The number of carbonyl (C=O) groups is 1. The Hall–Kier alpha value is -2.37. The minimum Gasteiger partial charge on any atom is -0.484 e. The molecule has 1 aromatic carbocycles. The Balaban J connectivity index is 1.46.